The molecule has 7 nitrogen and oxygen atoms in total. The average molecular weight is 309 g/mol. The van der Waals surface area contributed by atoms with E-state index in [9.17, 15) is 14.4 Å². The van der Waals surface area contributed by atoms with E-state index >= 15 is 0 Å². The maximum absolute atomic E-state index is 11.9. The lowest BCUT2D eigenvalue weighted by Crippen LogP contribution is -2.42. The molecule has 8 heteroatoms. The second-order valence-electron chi connectivity index (χ2n) is 4.40. The number of nitrogens with zero attached hydrogens (tertiary/aromatic N) is 2. The highest BCUT2D eigenvalue weighted by Crippen LogP contribution is 2.20. The summed E-state index contributed by atoms with van der Waals surface area (Å²) in [5.41, 5.74) is 4.47. The van der Waals surface area contributed by atoms with Crippen LogP contribution in [0.25, 0.3) is 0 Å². The number of carbonyl (C=O) groups excluding carboxylic acids is 1. The molecular formula is C13H13ClN4O3. The molecule has 0 unspecified atom stereocenters. The fourth-order valence-corrected chi connectivity index (χ4v) is 1.97. The van der Waals surface area contributed by atoms with Gasteiger partial charge in [0.15, 0.2) is 0 Å². The van der Waals surface area contributed by atoms with Crippen LogP contribution in [0.5, 0.6) is 0 Å². The molecule has 0 saturated carbocycles. The number of halogens is 1. The van der Waals surface area contributed by atoms with Crippen molar-refractivity contribution in [1.82, 2.24) is 9.13 Å². The minimum atomic E-state index is -0.701. The predicted molar refractivity (Wildman–Crippen MR) is 80.4 cm³/mol. The van der Waals surface area contributed by atoms with Crippen molar-refractivity contribution in [1.29, 1.82) is 0 Å². The first-order valence-electron chi connectivity index (χ1n) is 6.00. The standard InChI is InChI=1S/C13H13ClN4O3/c1-17-6-9(15)12(20)18(13(17)21)7-11(19)16-10-5-3-2-4-8(10)14/h2-6H,7,15H2,1H3,(H,16,19). The van der Waals surface area contributed by atoms with Crippen LogP contribution in [0.3, 0.4) is 0 Å². The summed E-state index contributed by atoms with van der Waals surface area (Å²) in [5.74, 6) is -0.548. The van der Waals surface area contributed by atoms with Gasteiger partial charge in [0, 0.05) is 13.2 Å². The molecule has 0 radical (unpaired) electrons. The lowest BCUT2D eigenvalue weighted by Gasteiger charge is -2.10. The number of carbonyl (C=O) groups is 1. The summed E-state index contributed by atoms with van der Waals surface area (Å²) >= 11 is 5.92. The van der Waals surface area contributed by atoms with Crippen LogP contribution < -0.4 is 22.3 Å². The number of hydrogen-bond donors (Lipinski definition) is 2. The van der Waals surface area contributed by atoms with E-state index in [-0.39, 0.29) is 5.69 Å². The number of aryl methyl sites for hydroxylation is 1. The van der Waals surface area contributed by atoms with Gasteiger partial charge in [-0.1, -0.05) is 23.7 Å². The fourth-order valence-electron chi connectivity index (χ4n) is 1.79. The van der Waals surface area contributed by atoms with Crippen LogP contribution in [-0.2, 0) is 18.4 Å². The molecule has 0 bridgehead atoms. The number of aromatic nitrogens is 2. The lowest BCUT2D eigenvalue weighted by atomic mass is 10.3. The van der Waals surface area contributed by atoms with Crippen molar-refractivity contribution in [3.63, 3.8) is 0 Å². The van der Waals surface area contributed by atoms with E-state index in [1.807, 2.05) is 0 Å². The van der Waals surface area contributed by atoms with Gasteiger partial charge in [0.2, 0.25) is 5.91 Å². The average Bonchev–Trinajstić information content (AvgIpc) is 2.44. The van der Waals surface area contributed by atoms with Crippen molar-refractivity contribution in [3.05, 3.63) is 56.3 Å². The zero-order valence-electron chi connectivity index (χ0n) is 11.2. The molecule has 1 aromatic heterocycles. The van der Waals surface area contributed by atoms with Crippen LogP contribution in [-0.4, -0.2) is 15.0 Å². The molecule has 0 atom stereocenters. The van der Waals surface area contributed by atoms with Crippen LogP contribution in [0.4, 0.5) is 11.4 Å². The Balaban J connectivity index is 2.27. The summed E-state index contributed by atoms with van der Waals surface area (Å²) in [7, 11) is 1.45. The van der Waals surface area contributed by atoms with Gasteiger partial charge < -0.3 is 15.6 Å². The third-order valence-electron chi connectivity index (χ3n) is 2.81. The summed E-state index contributed by atoms with van der Waals surface area (Å²) in [5, 5.41) is 2.89. The molecule has 1 aromatic carbocycles. The number of rotatable bonds is 3. The summed E-state index contributed by atoms with van der Waals surface area (Å²) in [6.07, 6.45) is 1.22. The van der Waals surface area contributed by atoms with Crippen molar-refractivity contribution < 1.29 is 4.79 Å². The first-order chi connectivity index (χ1) is 9.90. The second kappa shape index (κ2) is 5.84. The summed E-state index contributed by atoms with van der Waals surface area (Å²) < 4.78 is 1.90. The molecule has 1 amide bonds. The molecule has 2 rings (SSSR count). The zero-order valence-corrected chi connectivity index (χ0v) is 11.9. The lowest BCUT2D eigenvalue weighted by molar-refractivity contribution is -0.116. The topological polar surface area (TPSA) is 99.1 Å². The number of benzene rings is 1. The van der Waals surface area contributed by atoms with E-state index in [0.717, 1.165) is 9.13 Å². The van der Waals surface area contributed by atoms with Crippen molar-refractivity contribution in [2.24, 2.45) is 7.05 Å². The van der Waals surface area contributed by atoms with Crippen LogP contribution in [0.1, 0.15) is 0 Å². The quantitative estimate of drug-likeness (QED) is 0.858. The predicted octanol–water partition coefficient (Wildman–Crippen LogP) is 0.421. The minimum absolute atomic E-state index is 0.109. The highest BCUT2D eigenvalue weighted by atomic mass is 35.5. The van der Waals surface area contributed by atoms with Gasteiger partial charge in [-0.2, -0.15) is 0 Å². The molecule has 0 aliphatic rings. The van der Waals surface area contributed by atoms with Crippen molar-refractivity contribution in [2.45, 2.75) is 6.54 Å². The Bertz CT molecular complexity index is 776. The van der Waals surface area contributed by atoms with Crippen LogP contribution in [0.15, 0.2) is 40.1 Å². The molecule has 110 valence electrons. The molecule has 0 fully saturated rings. The molecule has 2 aromatic rings. The molecule has 1 heterocycles. The maximum Gasteiger partial charge on any atom is 0.331 e. The number of nitrogen functional groups attached to an aromatic ring is 1. The summed E-state index contributed by atoms with van der Waals surface area (Å²) in [6.45, 7) is -0.443. The number of nitrogens with two attached hydrogens (primary N) is 1. The highest BCUT2D eigenvalue weighted by molar-refractivity contribution is 6.33. The molecule has 3 N–H and O–H groups in total. The van der Waals surface area contributed by atoms with E-state index < -0.39 is 23.7 Å². The Kier molecular flexibility index (Phi) is 4.13. The number of hydrogen-bond acceptors (Lipinski definition) is 4. The Hall–Kier alpha value is -2.54. The van der Waals surface area contributed by atoms with Gasteiger partial charge in [-0.25, -0.2) is 9.36 Å². The fraction of sp³-hybridized carbons (Fsp3) is 0.154. The second-order valence-corrected chi connectivity index (χ2v) is 4.80. The van der Waals surface area contributed by atoms with E-state index in [4.69, 9.17) is 17.3 Å². The van der Waals surface area contributed by atoms with Gasteiger partial charge in [-0.3, -0.25) is 9.59 Å². The van der Waals surface area contributed by atoms with Crippen molar-refractivity contribution >= 4 is 28.9 Å². The number of anilines is 2. The number of para-hydroxylation sites is 1. The Morgan fingerprint density at radius 2 is 2.00 bits per heavy atom. The van der Waals surface area contributed by atoms with Gasteiger partial charge in [-0.05, 0) is 12.1 Å². The molecule has 0 saturated heterocycles. The molecular weight excluding hydrogens is 296 g/mol. The Morgan fingerprint density at radius 3 is 2.67 bits per heavy atom. The van der Waals surface area contributed by atoms with E-state index in [2.05, 4.69) is 5.32 Å². The van der Waals surface area contributed by atoms with Gasteiger partial charge in [0.1, 0.15) is 12.2 Å². The monoisotopic (exact) mass is 308 g/mol. The first kappa shape index (κ1) is 14.9. The minimum Gasteiger partial charge on any atom is -0.393 e. The van der Waals surface area contributed by atoms with E-state index in [1.165, 1.54) is 13.2 Å². The van der Waals surface area contributed by atoms with E-state index in [1.54, 1.807) is 24.3 Å². The molecule has 0 aliphatic carbocycles. The SMILES string of the molecule is Cn1cc(N)c(=O)n(CC(=O)Nc2ccccc2Cl)c1=O. The third kappa shape index (κ3) is 3.14. The van der Waals surface area contributed by atoms with E-state index in [0.29, 0.717) is 10.7 Å². The maximum atomic E-state index is 11.9. The van der Waals surface area contributed by atoms with Gasteiger partial charge in [0.25, 0.3) is 5.56 Å². The number of nitrogens with one attached hydrogen (secondary N) is 1. The number of amides is 1. The Labute approximate surface area is 124 Å². The third-order valence-corrected chi connectivity index (χ3v) is 3.14. The molecule has 21 heavy (non-hydrogen) atoms. The zero-order chi connectivity index (χ0) is 15.6. The molecule has 0 aliphatic heterocycles. The normalized spacial score (nSPS) is 10.4. The highest BCUT2D eigenvalue weighted by Gasteiger charge is 2.12. The van der Waals surface area contributed by atoms with Gasteiger partial charge >= 0.3 is 5.69 Å². The largest absolute Gasteiger partial charge is 0.393 e. The van der Waals surface area contributed by atoms with Crippen LogP contribution >= 0.6 is 11.6 Å². The molecule has 0 spiro atoms. The Morgan fingerprint density at radius 1 is 1.33 bits per heavy atom. The van der Waals surface area contributed by atoms with Crippen LogP contribution in [0.2, 0.25) is 5.02 Å². The van der Waals surface area contributed by atoms with Crippen molar-refractivity contribution in [2.75, 3.05) is 11.1 Å². The van der Waals surface area contributed by atoms with Crippen LogP contribution in [0, 0.1) is 0 Å². The van der Waals surface area contributed by atoms with Crippen molar-refractivity contribution in [3.8, 4) is 0 Å². The summed E-state index contributed by atoms with van der Waals surface area (Å²) in [4.78, 5) is 35.6. The van der Waals surface area contributed by atoms with Gasteiger partial charge in [-0.15, -0.1) is 0 Å². The smallest absolute Gasteiger partial charge is 0.331 e. The first-order valence-corrected chi connectivity index (χ1v) is 6.38. The summed E-state index contributed by atoms with van der Waals surface area (Å²) in [6, 6.07) is 6.65. The van der Waals surface area contributed by atoms with Gasteiger partial charge in [0.05, 0.1) is 10.7 Å².